The number of barbiturate groups is 1. The van der Waals surface area contributed by atoms with Crippen molar-refractivity contribution in [2.75, 3.05) is 4.90 Å². The quantitative estimate of drug-likeness (QED) is 0.609. The van der Waals surface area contributed by atoms with Crippen molar-refractivity contribution in [3.8, 4) is 5.75 Å². The molecule has 3 rings (SSSR count). The molecule has 0 aliphatic carbocycles. The second-order valence-corrected chi connectivity index (χ2v) is 5.94. The topological polar surface area (TPSA) is 116 Å². The highest BCUT2D eigenvalue weighted by Crippen LogP contribution is 2.22. The van der Waals surface area contributed by atoms with Crippen LogP contribution in [0, 0.1) is 0 Å². The number of ether oxygens (including phenoxy) is 1. The van der Waals surface area contributed by atoms with Crippen molar-refractivity contribution in [2.24, 2.45) is 0 Å². The van der Waals surface area contributed by atoms with Gasteiger partial charge in [-0.1, -0.05) is 30.3 Å². The largest absolute Gasteiger partial charge is 0.546 e. The van der Waals surface area contributed by atoms with Crippen LogP contribution in [0.1, 0.15) is 12.5 Å². The van der Waals surface area contributed by atoms with Crippen LogP contribution in [0.4, 0.5) is 10.5 Å². The van der Waals surface area contributed by atoms with Crippen LogP contribution in [0.3, 0.4) is 0 Å². The number of imide groups is 2. The molecule has 1 aliphatic rings. The van der Waals surface area contributed by atoms with Crippen LogP contribution in [0.2, 0.25) is 0 Å². The third kappa shape index (κ3) is 3.90. The number of carbonyl (C=O) groups is 4. The molecule has 1 fully saturated rings. The summed E-state index contributed by atoms with van der Waals surface area (Å²) in [5.41, 5.74) is 0.623. The van der Waals surface area contributed by atoms with Gasteiger partial charge in [-0.3, -0.25) is 14.9 Å². The number of hydrogen-bond donors (Lipinski definition) is 1. The molecule has 28 heavy (non-hydrogen) atoms. The summed E-state index contributed by atoms with van der Waals surface area (Å²) in [6, 6.07) is 13.5. The first-order valence-corrected chi connectivity index (χ1v) is 8.31. The third-order valence-corrected chi connectivity index (χ3v) is 3.95. The van der Waals surface area contributed by atoms with Crippen molar-refractivity contribution >= 4 is 35.6 Å². The number of urea groups is 1. The van der Waals surface area contributed by atoms with E-state index >= 15 is 0 Å². The number of aliphatic carboxylic acids is 1. The zero-order valence-electron chi connectivity index (χ0n) is 14.7. The molecule has 1 heterocycles. The number of nitrogens with zero attached hydrogens (tertiary/aromatic N) is 1. The fraction of sp³-hybridized carbons (Fsp3) is 0.100. The van der Waals surface area contributed by atoms with Gasteiger partial charge in [0.2, 0.25) is 0 Å². The van der Waals surface area contributed by atoms with Gasteiger partial charge in [0.25, 0.3) is 11.8 Å². The number of amides is 4. The van der Waals surface area contributed by atoms with E-state index in [-0.39, 0.29) is 5.57 Å². The lowest BCUT2D eigenvalue weighted by Gasteiger charge is -2.26. The summed E-state index contributed by atoms with van der Waals surface area (Å²) in [4.78, 5) is 48.6. The van der Waals surface area contributed by atoms with Crippen LogP contribution in [0.5, 0.6) is 5.75 Å². The van der Waals surface area contributed by atoms with Gasteiger partial charge in [-0.2, -0.15) is 0 Å². The van der Waals surface area contributed by atoms with E-state index in [9.17, 15) is 24.3 Å². The summed E-state index contributed by atoms with van der Waals surface area (Å²) in [6.07, 6.45) is 0.215. The van der Waals surface area contributed by atoms with Gasteiger partial charge in [-0.05, 0) is 42.8 Å². The molecule has 2 aromatic carbocycles. The maximum atomic E-state index is 12.7. The molecule has 0 unspecified atom stereocenters. The van der Waals surface area contributed by atoms with Gasteiger partial charge >= 0.3 is 6.03 Å². The molecule has 8 nitrogen and oxygen atoms in total. The highest BCUT2D eigenvalue weighted by Gasteiger charge is 2.36. The number of carboxylic acids is 1. The van der Waals surface area contributed by atoms with Crippen molar-refractivity contribution < 1.29 is 29.0 Å². The predicted molar refractivity (Wildman–Crippen MR) is 97.0 cm³/mol. The Morgan fingerprint density at radius 3 is 2.32 bits per heavy atom. The fourth-order valence-corrected chi connectivity index (χ4v) is 2.53. The lowest BCUT2D eigenvalue weighted by Crippen LogP contribution is -2.54. The molecular formula is C20H15N2O6-. The maximum absolute atomic E-state index is 12.7. The Morgan fingerprint density at radius 2 is 1.71 bits per heavy atom. The molecule has 142 valence electrons. The molecule has 0 aromatic heterocycles. The zero-order chi connectivity index (χ0) is 20.3. The van der Waals surface area contributed by atoms with Crippen molar-refractivity contribution in [3.05, 3.63) is 65.7 Å². The first-order valence-electron chi connectivity index (χ1n) is 8.31. The molecule has 0 spiro atoms. The lowest BCUT2D eigenvalue weighted by atomic mass is 10.1. The summed E-state index contributed by atoms with van der Waals surface area (Å²) >= 11 is 0. The molecular weight excluding hydrogens is 364 g/mol. The first-order chi connectivity index (χ1) is 13.4. The van der Waals surface area contributed by atoms with E-state index in [1.54, 1.807) is 42.5 Å². The second-order valence-electron chi connectivity index (χ2n) is 5.94. The second kappa shape index (κ2) is 7.75. The van der Waals surface area contributed by atoms with E-state index in [0.29, 0.717) is 17.0 Å². The van der Waals surface area contributed by atoms with Crippen LogP contribution < -0.4 is 20.1 Å². The molecule has 4 amide bonds. The van der Waals surface area contributed by atoms with E-state index in [4.69, 9.17) is 4.74 Å². The Bertz CT molecular complexity index is 966. The summed E-state index contributed by atoms with van der Waals surface area (Å²) in [6.45, 7) is 1.34. The predicted octanol–water partition coefficient (Wildman–Crippen LogP) is 0.870. The van der Waals surface area contributed by atoms with Gasteiger partial charge in [0.1, 0.15) is 17.4 Å². The van der Waals surface area contributed by atoms with Crippen LogP contribution in [0.25, 0.3) is 6.08 Å². The van der Waals surface area contributed by atoms with Crippen molar-refractivity contribution in [2.45, 2.75) is 13.0 Å². The Labute approximate surface area is 160 Å². The monoisotopic (exact) mass is 379 g/mol. The molecule has 0 saturated carbocycles. The smallest absolute Gasteiger partial charge is 0.335 e. The Hall–Kier alpha value is -3.94. The number of hydrogen-bond acceptors (Lipinski definition) is 6. The van der Waals surface area contributed by atoms with Crippen molar-refractivity contribution in [3.63, 3.8) is 0 Å². The van der Waals surface area contributed by atoms with Gasteiger partial charge in [0.05, 0.1) is 11.7 Å². The fourth-order valence-electron chi connectivity index (χ4n) is 2.53. The number of rotatable bonds is 5. The Kier molecular flexibility index (Phi) is 5.21. The Balaban J connectivity index is 1.86. The summed E-state index contributed by atoms with van der Waals surface area (Å²) in [5, 5.41) is 12.9. The van der Waals surface area contributed by atoms with E-state index in [1.165, 1.54) is 25.1 Å². The van der Waals surface area contributed by atoms with Crippen LogP contribution in [-0.4, -0.2) is 29.9 Å². The lowest BCUT2D eigenvalue weighted by molar-refractivity contribution is -0.312. The summed E-state index contributed by atoms with van der Waals surface area (Å²) in [7, 11) is 0. The van der Waals surface area contributed by atoms with Crippen LogP contribution >= 0.6 is 0 Å². The van der Waals surface area contributed by atoms with Gasteiger partial charge in [0, 0.05) is 0 Å². The van der Waals surface area contributed by atoms with E-state index in [0.717, 1.165) is 4.90 Å². The van der Waals surface area contributed by atoms with Crippen LogP contribution in [-0.2, 0) is 14.4 Å². The average Bonchev–Trinajstić information content (AvgIpc) is 2.67. The van der Waals surface area contributed by atoms with Gasteiger partial charge in [-0.25, -0.2) is 9.69 Å². The number of para-hydroxylation sites is 1. The number of anilines is 1. The number of carboxylic acid groups (broad SMARTS) is 1. The third-order valence-electron chi connectivity index (χ3n) is 3.95. The zero-order valence-corrected chi connectivity index (χ0v) is 14.7. The van der Waals surface area contributed by atoms with E-state index in [1.807, 2.05) is 0 Å². The molecule has 1 aliphatic heterocycles. The standard InChI is InChI=1S/C20H16N2O6/c1-12(19(25)26)28-15-9-7-13(8-10-15)11-16-17(23)21-20(27)22(18(16)24)14-5-3-2-4-6-14/h2-12H,1H3,(H,25,26)(H,21,23,27)/p-1/b16-11+/t12-/m0/s1. The molecule has 0 bridgehead atoms. The SMILES string of the molecule is C[C@H](Oc1ccc(/C=C2\C(=O)NC(=O)N(c3ccccc3)C2=O)cc1)C(=O)[O-]. The van der Waals surface area contributed by atoms with E-state index < -0.39 is 29.9 Å². The average molecular weight is 379 g/mol. The minimum Gasteiger partial charge on any atom is -0.546 e. The summed E-state index contributed by atoms with van der Waals surface area (Å²) in [5.74, 6) is -2.60. The van der Waals surface area contributed by atoms with Crippen molar-refractivity contribution in [1.29, 1.82) is 0 Å². The molecule has 1 atom stereocenters. The maximum Gasteiger partial charge on any atom is 0.335 e. The molecule has 8 heteroatoms. The number of carbonyl (C=O) groups excluding carboxylic acids is 4. The molecule has 1 saturated heterocycles. The molecule has 1 N–H and O–H groups in total. The van der Waals surface area contributed by atoms with Gasteiger partial charge < -0.3 is 14.6 Å². The minimum absolute atomic E-state index is 0.208. The normalized spacial score (nSPS) is 16.7. The Morgan fingerprint density at radius 1 is 1.07 bits per heavy atom. The van der Waals surface area contributed by atoms with Gasteiger partial charge in [0.15, 0.2) is 0 Å². The van der Waals surface area contributed by atoms with Gasteiger partial charge in [-0.15, -0.1) is 0 Å². The highest BCUT2D eigenvalue weighted by atomic mass is 16.5. The summed E-state index contributed by atoms with van der Waals surface area (Å²) < 4.78 is 5.17. The number of nitrogens with one attached hydrogen (secondary N) is 1. The van der Waals surface area contributed by atoms with Crippen molar-refractivity contribution in [1.82, 2.24) is 5.32 Å². The van der Waals surface area contributed by atoms with E-state index in [2.05, 4.69) is 5.32 Å². The molecule has 0 radical (unpaired) electrons. The minimum atomic E-state index is -1.35. The first kappa shape index (κ1) is 18.8. The highest BCUT2D eigenvalue weighted by molar-refractivity contribution is 6.39. The number of benzene rings is 2. The molecule has 2 aromatic rings. The van der Waals surface area contributed by atoms with Crippen LogP contribution in [0.15, 0.2) is 60.2 Å².